The highest BCUT2D eigenvalue weighted by Gasteiger charge is 2.52. The van der Waals surface area contributed by atoms with Crippen LogP contribution in [0, 0.1) is 17.8 Å². The molecule has 3 rings (SSSR count). The van der Waals surface area contributed by atoms with Crippen LogP contribution in [-0.4, -0.2) is 28.9 Å². The molecule has 0 unspecified atom stereocenters. The van der Waals surface area contributed by atoms with Gasteiger partial charge in [-0.05, 0) is 25.8 Å². The normalized spacial score (nSPS) is 36.2. The number of hydrogen-bond donors (Lipinski definition) is 1. The van der Waals surface area contributed by atoms with Crippen LogP contribution < -0.4 is 0 Å². The number of carbonyl (C=O) groups excluding carboxylic acids is 2. The molecule has 0 saturated carbocycles. The van der Waals surface area contributed by atoms with Crippen LogP contribution in [0.3, 0.4) is 0 Å². The molecule has 1 N–H and O–H groups in total. The van der Waals surface area contributed by atoms with E-state index in [-0.39, 0.29) is 29.2 Å². The smallest absolute Gasteiger partial charge is 0.332 e. The van der Waals surface area contributed by atoms with Crippen molar-refractivity contribution in [1.82, 2.24) is 0 Å². The SMILES string of the molecule is CC1=C2C(=O)C=C(C(=O)O)[C@@H]2[C@H]2OC(=O)[C@@H](C)[C@@H]2CC1. The van der Waals surface area contributed by atoms with Crippen molar-refractivity contribution in [2.45, 2.75) is 32.8 Å². The molecule has 0 bridgehead atoms. The largest absolute Gasteiger partial charge is 0.478 e. The molecule has 0 spiro atoms. The molecular formula is C15H16O5. The fourth-order valence-electron chi connectivity index (χ4n) is 3.66. The average Bonchev–Trinajstić information content (AvgIpc) is 2.81. The number of carboxylic acids is 1. The second-order valence-electron chi connectivity index (χ2n) is 5.83. The first-order valence-corrected chi connectivity index (χ1v) is 6.81. The molecule has 20 heavy (non-hydrogen) atoms. The molecule has 1 fully saturated rings. The molecule has 106 valence electrons. The van der Waals surface area contributed by atoms with Crippen molar-refractivity contribution in [2.24, 2.45) is 17.8 Å². The Morgan fingerprint density at radius 2 is 2.10 bits per heavy atom. The van der Waals surface area contributed by atoms with Gasteiger partial charge in [0, 0.05) is 11.5 Å². The molecule has 5 heteroatoms. The van der Waals surface area contributed by atoms with Gasteiger partial charge in [0.2, 0.25) is 0 Å². The number of esters is 1. The molecule has 1 heterocycles. The summed E-state index contributed by atoms with van der Waals surface area (Å²) in [6.45, 7) is 3.68. The number of rotatable bonds is 1. The number of carboxylic acid groups (broad SMARTS) is 1. The highest BCUT2D eigenvalue weighted by Crippen LogP contribution is 2.47. The molecule has 0 aromatic rings. The van der Waals surface area contributed by atoms with Crippen molar-refractivity contribution in [1.29, 1.82) is 0 Å². The van der Waals surface area contributed by atoms with Crippen LogP contribution in [-0.2, 0) is 19.1 Å². The third-order valence-corrected chi connectivity index (χ3v) is 4.77. The summed E-state index contributed by atoms with van der Waals surface area (Å²) < 4.78 is 5.42. The highest BCUT2D eigenvalue weighted by molar-refractivity contribution is 6.14. The zero-order valence-corrected chi connectivity index (χ0v) is 11.4. The van der Waals surface area contributed by atoms with Crippen LogP contribution in [0.5, 0.6) is 0 Å². The second-order valence-corrected chi connectivity index (χ2v) is 5.83. The molecule has 5 nitrogen and oxygen atoms in total. The van der Waals surface area contributed by atoms with E-state index in [2.05, 4.69) is 0 Å². The molecule has 2 aliphatic carbocycles. The third-order valence-electron chi connectivity index (χ3n) is 4.77. The van der Waals surface area contributed by atoms with Crippen molar-refractivity contribution in [3.8, 4) is 0 Å². The number of aliphatic carboxylic acids is 1. The van der Waals surface area contributed by atoms with Gasteiger partial charge in [-0.2, -0.15) is 0 Å². The Balaban J connectivity index is 2.11. The molecule has 1 saturated heterocycles. The van der Waals surface area contributed by atoms with Gasteiger partial charge in [-0.3, -0.25) is 9.59 Å². The number of fused-ring (bicyclic) bond motifs is 3. The fourth-order valence-corrected chi connectivity index (χ4v) is 3.66. The summed E-state index contributed by atoms with van der Waals surface area (Å²) in [5, 5.41) is 9.32. The Kier molecular flexibility index (Phi) is 2.81. The minimum atomic E-state index is -1.11. The van der Waals surface area contributed by atoms with E-state index in [0.717, 1.165) is 12.0 Å². The molecular weight excluding hydrogens is 260 g/mol. The van der Waals surface area contributed by atoms with E-state index < -0.39 is 18.0 Å². The van der Waals surface area contributed by atoms with E-state index in [9.17, 15) is 19.5 Å². The van der Waals surface area contributed by atoms with Crippen molar-refractivity contribution in [2.75, 3.05) is 0 Å². The van der Waals surface area contributed by atoms with E-state index in [1.807, 2.05) is 13.8 Å². The zero-order valence-electron chi connectivity index (χ0n) is 11.4. The van der Waals surface area contributed by atoms with E-state index >= 15 is 0 Å². The Bertz CT molecular complexity index is 583. The van der Waals surface area contributed by atoms with Gasteiger partial charge in [0.25, 0.3) is 0 Å². The summed E-state index contributed by atoms with van der Waals surface area (Å²) in [5.41, 5.74) is 1.50. The third kappa shape index (κ3) is 1.65. The van der Waals surface area contributed by atoms with Gasteiger partial charge in [0.05, 0.1) is 17.4 Å². The number of carbonyl (C=O) groups is 3. The van der Waals surface area contributed by atoms with Crippen molar-refractivity contribution in [3.63, 3.8) is 0 Å². The van der Waals surface area contributed by atoms with Crippen LogP contribution in [0.4, 0.5) is 0 Å². The van der Waals surface area contributed by atoms with E-state index in [1.165, 1.54) is 6.08 Å². The first-order chi connectivity index (χ1) is 9.41. The van der Waals surface area contributed by atoms with Crippen LogP contribution >= 0.6 is 0 Å². The topological polar surface area (TPSA) is 80.7 Å². The minimum absolute atomic E-state index is 0.0198. The maximum Gasteiger partial charge on any atom is 0.332 e. The number of hydrogen-bond acceptors (Lipinski definition) is 4. The molecule has 0 amide bonds. The van der Waals surface area contributed by atoms with Crippen molar-refractivity contribution < 1.29 is 24.2 Å². The number of ether oxygens (including phenoxy) is 1. The van der Waals surface area contributed by atoms with Gasteiger partial charge >= 0.3 is 11.9 Å². The summed E-state index contributed by atoms with van der Waals surface area (Å²) in [6, 6.07) is 0. The van der Waals surface area contributed by atoms with Gasteiger partial charge in [0.1, 0.15) is 6.10 Å². The first kappa shape index (κ1) is 13.1. The first-order valence-electron chi connectivity index (χ1n) is 6.81. The average molecular weight is 276 g/mol. The standard InChI is InChI=1S/C15H16O5/c1-6-3-4-8-7(2)15(19)20-13(8)12-9(14(17)18)5-10(16)11(6)12/h5,7-8,12-13H,3-4H2,1-2H3,(H,17,18)/t7-,8-,12-,13-/m0/s1. The lowest BCUT2D eigenvalue weighted by Gasteiger charge is -2.24. The summed E-state index contributed by atoms with van der Waals surface area (Å²) in [5.74, 6) is -2.50. The van der Waals surface area contributed by atoms with Crippen LogP contribution in [0.15, 0.2) is 22.8 Å². The predicted octanol–water partition coefficient (Wildman–Crippen LogP) is 1.48. The zero-order chi connectivity index (χ0) is 14.6. The van der Waals surface area contributed by atoms with Crippen molar-refractivity contribution in [3.05, 3.63) is 22.8 Å². The van der Waals surface area contributed by atoms with Crippen LogP contribution in [0.1, 0.15) is 26.7 Å². The molecule has 1 aliphatic heterocycles. The maximum atomic E-state index is 12.1. The predicted molar refractivity (Wildman–Crippen MR) is 68.7 cm³/mol. The Morgan fingerprint density at radius 1 is 1.40 bits per heavy atom. The summed E-state index contributed by atoms with van der Waals surface area (Å²) >= 11 is 0. The lowest BCUT2D eigenvalue weighted by molar-refractivity contribution is -0.145. The van der Waals surface area contributed by atoms with Crippen LogP contribution in [0.25, 0.3) is 0 Å². The van der Waals surface area contributed by atoms with E-state index in [0.29, 0.717) is 12.0 Å². The fraction of sp³-hybridized carbons (Fsp3) is 0.533. The summed E-state index contributed by atoms with van der Waals surface area (Å²) in [6.07, 6.45) is 2.13. The van der Waals surface area contributed by atoms with Gasteiger partial charge in [-0.25, -0.2) is 4.79 Å². The molecule has 0 radical (unpaired) electrons. The monoisotopic (exact) mass is 276 g/mol. The molecule has 0 aromatic heterocycles. The molecule has 0 aromatic carbocycles. The van der Waals surface area contributed by atoms with Gasteiger partial charge in [0.15, 0.2) is 5.78 Å². The lowest BCUT2D eigenvalue weighted by Crippen LogP contribution is -2.30. The van der Waals surface area contributed by atoms with E-state index in [1.54, 1.807) is 0 Å². The maximum absolute atomic E-state index is 12.1. The Hall–Kier alpha value is -1.91. The lowest BCUT2D eigenvalue weighted by atomic mass is 9.80. The highest BCUT2D eigenvalue weighted by atomic mass is 16.6. The van der Waals surface area contributed by atoms with Crippen LogP contribution in [0.2, 0.25) is 0 Å². The van der Waals surface area contributed by atoms with Gasteiger partial charge < -0.3 is 9.84 Å². The summed E-state index contributed by atoms with van der Waals surface area (Å²) in [4.78, 5) is 35.3. The second kappa shape index (κ2) is 4.30. The summed E-state index contributed by atoms with van der Waals surface area (Å²) in [7, 11) is 0. The quantitative estimate of drug-likeness (QED) is 0.734. The number of ketones is 1. The number of allylic oxidation sites excluding steroid dienone is 2. The molecule has 3 aliphatic rings. The van der Waals surface area contributed by atoms with Crippen molar-refractivity contribution >= 4 is 17.7 Å². The van der Waals surface area contributed by atoms with E-state index in [4.69, 9.17) is 4.74 Å². The Morgan fingerprint density at radius 3 is 2.75 bits per heavy atom. The molecule has 4 atom stereocenters. The minimum Gasteiger partial charge on any atom is -0.478 e. The Labute approximate surface area is 116 Å². The van der Waals surface area contributed by atoms with Gasteiger partial charge in [-0.15, -0.1) is 0 Å². The van der Waals surface area contributed by atoms with Gasteiger partial charge in [-0.1, -0.05) is 12.5 Å².